The number of carbonyl (C=O) groups excluding carboxylic acids is 2. The highest BCUT2D eigenvalue weighted by Gasteiger charge is 2.21. The van der Waals surface area contributed by atoms with Gasteiger partial charge < -0.3 is 9.47 Å². The zero-order valence-electron chi connectivity index (χ0n) is 8.40. The molecule has 0 unspecified atom stereocenters. The monoisotopic (exact) mass is 226 g/mol. The number of hydrogen-bond donors (Lipinski definition) is 0. The first-order chi connectivity index (χ1) is 7.77. The van der Waals surface area contributed by atoms with E-state index in [2.05, 4.69) is 19.7 Å². The number of ether oxygens (including phenoxy) is 2. The van der Waals surface area contributed by atoms with Crippen LogP contribution >= 0.6 is 0 Å². The molecule has 2 rings (SSSR count). The van der Waals surface area contributed by atoms with Gasteiger partial charge in [-0.05, 0) is 0 Å². The average molecular weight is 226 g/mol. The second-order valence-electron chi connectivity index (χ2n) is 3.00. The van der Waals surface area contributed by atoms with Crippen molar-refractivity contribution in [2.75, 3.05) is 26.3 Å². The van der Waals surface area contributed by atoms with Crippen molar-refractivity contribution >= 4 is 24.6 Å². The van der Waals surface area contributed by atoms with Crippen molar-refractivity contribution in [2.45, 2.75) is 0 Å². The number of hydrogen-bond acceptors (Lipinski definition) is 6. The molecule has 8 heteroatoms. The third-order valence-electron chi connectivity index (χ3n) is 1.96. The van der Waals surface area contributed by atoms with Gasteiger partial charge in [0, 0.05) is 0 Å². The number of nitrogens with zero attached hydrogens (tertiary/aromatic N) is 4. The van der Waals surface area contributed by atoms with Crippen molar-refractivity contribution < 1.29 is 19.1 Å². The van der Waals surface area contributed by atoms with Gasteiger partial charge in [0.15, 0.2) is 0 Å². The molecule has 2 aliphatic rings. The Kier molecular flexibility index (Phi) is 2.99. The van der Waals surface area contributed by atoms with E-state index in [-0.39, 0.29) is 0 Å². The Bertz CT molecular complexity index is 320. The van der Waals surface area contributed by atoms with Crippen LogP contribution in [-0.2, 0) is 9.47 Å². The van der Waals surface area contributed by atoms with Gasteiger partial charge in [-0.2, -0.15) is 20.2 Å². The molecule has 0 aliphatic carbocycles. The Hall–Kier alpha value is -2.12. The molecule has 0 saturated carbocycles. The molecule has 2 saturated heterocycles. The van der Waals surface area contributed by atoms with Crippen LogP contribution in [0.25, 0.3) is 0 Å². The van der Waals surface area contributed by atoms with Gasteiger partial charge in [0.1, 0.15) is 13.2 Å². The Labute approximate surface area is 91.1 Å². The normalized spacial score (nSPS) is 21.2. The van der Waals surface area contributed by atoms with Gasteiger partial charge in [-0.1, -0.05) is 0 Å². The molecular weight excluding hydrogens is 216 g/mol. The maximum atomic E-state index is 10.9. The van der Waals surface area contributed by atoms with E-state index in [1.165, 1.54) is 22.4 Å². The van der Waals surface area contributed by atoms with E-state index < -0.39 is 12.2 Å². The quantitative estimate of drug-likeness (QED) is 0.627. The highest BCUT2D eigenvalue weighted by atomic mass is 16.6. The van der Waals surface area contributed by atoms with Crippen LogP contribution in [0, 0.1) is 0 Å². The summed E-state index contributed by atoms with van der Waals surface area (Å²) in [5.41, 5.74) is 0. The maximum Gasteiger partial charge on any atom is 0.430 e. The predicted octanol–water partition coefficient (Wildman–Crippen LogP) is -0.138. The first kappa shape index (κ1) is 10.4. The molecule has 86 valence electrons. The van der Waals surface area contributed by atoms with E-state index in [1.807, 2.05) is 0 Å². The van der Waals surface area contributed by atoms with Crippen LogP contribution in [0.3, 0.4) is 0 Å². The minimum absolute atomic E-state index is 0.339. The maximum absolute atomic E-state index is 10.9. The molecule has 16 heavy (non-hydrogen) atoms. The number of rotatable bonds is 3. The molecule has 0 radical (unpaired) electrons. The Morgan fingerprint density at radius 2 is 1.38 bits per heavy atom. The van der Waals surface area contributed by atoms with E-state index in [1.54, 1.807) is 0 Å². The molecule has 0 aromatic carbocycles. The summed E-state index contributed by atoms with van der Waals surface area (Å²) in [6, 6.07) is 0. The predicted molar refractivity (Wildman–Crippen MR) is 53.1 cm³/mol. The molecule has 0 atom stereocenters. The summed E-state index contributed by atoms with van der Waals surface area (Å²) in [5.74, 6) is 0. The Morgan fingerprint density at radius 1 is 0.938 bits per heavy atom. The van der Waals surface area contributed by atoms with Gasteiger partial charge in [0.25, 0.3) is 0 Å². The van der Waals surface area contributed by atoms with Crippen LogP contribution in [0.15, 0.2) is 10.2 Å². The van der Waals surface area contributed by atoms with Gasteiger partial charge in [-0.3, -0.25) is 0 Å². The minimum Gasteiger partial charge on any atom is -0.446 e. The lowest BCUT2D eigenvalue weighted by molar-refractivity contribution is 0.158. The summed E-state index contributed by atoms with van der Waals surface area (Å²) in [6.07, 6.45) is 1.67. The van der Waals surface area contributed by atoms with E-state index >= 15 is 0 Å². The smallest absolute Gasteiger partial charge is 0.430 e. The van der Waals surface area contributed by atoms with E-state index in [4.69, 9.17) is 0 Å². The molecule has 0 spiro atoms. The van der Waals surface area contributed by atoms with Crippen molar-refractivity contribution in [3.63, 3.8) is 0 Å². The minimum atomic E-state index is -0.481. The first-order valence-electron chi connectivity index (χ1n) is 4.72. The van der Waals surface area contributed by atoms with Crippen LogP contribution in [0.1, 0.15) is 0 Å². The molecule has 0 aromatic rings. The van der Waals surface area contributed by atoms with E-state index in [0.29, 0.717) is 26.3 Å². The van der Waals surface area contributed by atoms with Gasteiger partial charge in [-0.15, -0.1) is 0 Å². The molecule has 8 nitrogen and oxygen atoms in total. The van der Waals surface area contributed by atoms with E-state index in [0.717, 1.165) is 0 Å². The van der Waals surface area contributed by atoms with Gasteiger partial charge >= 0.3 is 12.2 Å². The summed E-state index contributed by atoms with van der Waals surface area (Å²) in [6.45, 7) is 1.53. The van der Waals surface area contributed by atoms with Gasteiger partial charge in [-0.25, -0.2) is 9.59 Å². The summed E-state index contributed by atoms with van der Waals surface area (Å²) >= 11 is 0. The highest BCUT2D eigenvalue weighted by molar-refractivity contribution is 6.16. The molecule has 2 aliphatic heterocycles. The van der Waals surface area contributed by atoms with Crippen LogP contribution in [-0.4, -0.2) is 60.9 Å². The standard InChI is InChI=1S/C8H10N4O4/c13-7-11(3-5-15-7)9-1-2-10-12-4-6-16-8(12)14/h1-2H,3-6H2/b9-1+,10-2+. The largest absolute Gasteiger partial charge is 0.446 e. The number of hydrazone groups is 2. The number of amides is 2. The van der Waals surface area contributed by atoms with Crippen molar-refractivity contribution in [1.82, 2.24) is 10.0 Å². The lowest BCUT2D eigenvalue weighted by Crippen LogP contribution is -2.19. The van der Waals surface area contributed by atoms with Gasteiger partial charge in [0.05, 0.1) is 25.5 Å². The molecule has 2 amide bonds. The molecule has 0 N–H and O–H groups in total. The SMILES string of the molecule is O=C1OCCN1/N=C/C=N/N1CCOC1=O. The van der Waals surface area contributed by atoms with Crippen molar-refractivity contribution in [1.29, 1.82) is 0 Å². The number of cyclic esters (lactones) is 2. The fourth-order valence-electron chi connectivity index (χ4n) is 1.20. The molecular formula is C8H10N4O4. The van der Waals surface area contributed by atoms with Crippen molar-refractivity contribution in [3.8, 4) is 0 Å². The molecule has 2 heterocycles. The zero-order chi connectivity index (χ0) is 11.4. The lowest BCUT2D eigenvalue weighted by Gasteiger charge is -2.03. The van der Waals surface area contributed by atoms with Crippen LogP contribution in [0.5, 0.6) is 0 Å². The summed E-state index contributed by atoms with van der Waals surface area (Å²) < 4.78 is 9.31. The third-order valence-corrected chi connectivity index (χ3v) is 1.96. The topological polar surface area (TPSA) is 83.8 Å². The fraction of sp³-hybridized carbons (Fsp3) is 0.500. The summed E-state index contributed by atoms with van der Waals surface area (Å²) in [5, 5.41) is 9.94. The second-order valence-corrected chi connectivity index (χ2v) is 3.00. The number of carbonyl (C=O) groups is 2. The fourth-order valence-corrected chi connectivity index (χ4v) is 1.20. The summed E-state index contributed by atoms with van der Waals surface area (Å²) in [7, 11) is 0. The second kappa shape index (κ2) is 4.60. The Balaban J connectivity index is 1.82. The van der Waals surface area contributed by atoms with Crippen LogP contribution < -0.4 is 0 Å². The average Bonchev–Trinajstić information content (AvgIpc) is 2.84. The summed E-state index contributed by atoms with van der Waals surface area (Å²) in [4.78, 5) is 21.9. The van der Waals surface area contributed by atoms with Crippen molar-refractivity contribution in [3.05, 3.63) is 0 Å². The zero-order valence-corrected chi connectivity index (χ0v) is 8.40. The van der Waals surface area contributed by atoms with Crippen molar-refractivity contribution in [2.24, 2.45) is 10.2 Å². The molecule has 2 fully saturated rings. The molecule has 0 aromatic heterocycles. The third kappa shape index (κ3) is 2.27. The first-order valence-corrected chi connectivity index (χ1v) is 4.72. The highest BCUT2D eigenvalue weighted by Crippen LogP contribution is 2.03. The Morgan fingerprint density at radius 3 is 1.69 bits per heavy atom. The van der Waals surface area contributed by atoms with E-state index in [9.17, 15) is 9.59 Å². The molecule has 0 bridgehead atoms. The van der Waals surface area contributed by atoms with Crippen LogP contribution in [0.2, 0.25) is 0 Å². The lowest BCUT2D eigenvalue weighted by atomic mass is 10.7. The van der Waals surface area contributed by atoms with Crippen LogP contribution in [0.4, 0.5) is 9.59 Å². The van der Waals surface area contributed by atoms with Gasteiger partial charge in [0.2, 0.25) is 0 Å².